The molecule has 1 aromatic carbocycles. The molecule has 0 aliphatic rings. The number of hydrogen-bond donors (Lipinski definition) is 0. The zero-order valence-electron chi connectivity index (χ0n) is 9.27. The molecule has 0 spiro atoms. The van der Waals surface area contributed by atoms with E-state index in [2.05, 4.69) is 27.8 Å². The van der Waals surface area contributed by atoms with Crippen molar-refractivity contribution in [3.05, 3.63) is 40.6 Å². The van der Waals surface area contributed by atoms with Crippen molar-refractivity contribution in [3.8, 4) is 11.8 Å². The van der Waals surface area contributed by atoms with Crippen molar-refractivity contribution >= 4 is 15.9 Å². The first-order valence-corrected chi connectivity index (χ1v) is 5.95. The van der Waals surface area contributed by atoms with E-state index in [0.717, 1.165) is 22.3 Å². The van der Waals surface area contributed by atoms with Crippen LogP contribution in [0.5, 0.6) is 11.8 Å². The van der Waals surface area contributed by atoms with E-state index in [1.165, 1.54) is 0 Å². The fraction of sp³-hybridized carbons (Fsp3) is 0.250. The Morgan fingerprint density at radius 1 is 1.44 bits per heavy atom. The Morgan fingerprint density at radius 3 is 2.94 bits per heavy atom. The van der Waals surface area contributed by atoms with Gasteiger partial charge in [-0.1, -0.05) is 15.9 Å². The quantitative estimate of drug-likeness (QED) is 0.856. The molecular formula is C12H13BrN2O. The molecule has 3 nitrogen and oxygen atoms in total. The summed E-state index contributed by atoms with van der Waals surface area (Å²) in [5.74, 6) is 0.807. The number of benzene rings is 1. The summed E-state index contributed by atoms with van der Waals surface area (Å²) in [5, 5.41) is 0. The zero-order chi connectivity index (χ0) is 11.5. The molecule has 0 saturated carbocycles. The van der Waals surface area contributed by atoms with Crippen molar-refractivity contribution in [1.29, 1.82) is 0 Å². The van der Waals surface area contributed by atoms with Crippen LogP contribution in [-0.2, 0) is 6.54 Å². The largest absolute Gasteiger partial charge is 0.426 e. The molecule has 1 aromatic heterocycles. The van der Waals surface area contributed by atoms with Crippen LogP contribution in [0.4, 0.5) is 0 Å². The van der Waals surface area contributed by atoms with Crippen molar-refractivity contribution in [1.82, 2.24) is 9.55 Å². The lowest BCUT2D eigenvalue weighted by atomic mass is 10.2. The first-order chi connectivity index (χ1) is 7.70. The fourth-order valence-electron chi connectivity index (χ4n) is 1.43. The van der Waals surface area contributed by atoms with Gasteiger partial charge < -0.3 is 9.30 Å². The van der Waals surface area contributed by atoms with E-state index < -0.39 is 0 Å². The van der Waals surface area contributed by atoms with Crippen LogP contribution in [0.1, 0.15) is 12.5 Å². The monoisotopic (exact) mass is 280 g/mol. The van der Waals surface area contributed by atoms with Crippen LogP contribution in [0.15, 0.2) is 35.1 Å². The summed E-state index contributed by atoms with van der Waals surface area (Å²) < 4.78 is 8.75. The van der Waals surface area contributed by atoms with Gasteiger partial charge in [0, 0.05) is 23.4 Å². The number of halogens is 1. The molecule has 4 heteroatoms. The highest BCUT2D eigenvalue weighted by Gasteiger charge is 2.04. The number of hydrogen-bond acceptors (Lipinski definition) is 2. The van der Waals surface area contributed by atoms with Crippen LogP contribution in [0.3, 0.4) is 0 Å². The number of imidazole rings is 1. The predicted octanol–water partition coefficient (Wildman–Crippen LogP) is 3.77. The molecular weight excluding hydrogens is 268 g/mol. The first kappa shape index (κ1) is 11.2. The molecule has 0 bridgehead atoms. The lowest BCUT2D eigenvalue weighted by molar-refractivity contribution is 0.415. The lowest BCUT2D eigenvalue weighted by Gasteiger charge is -2.07. The molecule has 0 saturated heterocycles. The van der Waals surface area contributed by atoms with E-state index in [-0.39, 0.29) is 0 Å². The van der Waals surface area contributed by atoms with Crippen LogP contribution >= 0.6 is 15.9 Å². The molecule has 0 atom stereocenters. The third-order valence-electron chi connectivity index (χ3n) is 2.36. The third kappa shape index (κ3) is 2.27. The van der Waals surface area contributed by atoms with Gasteiger partial charge in [-0.3, -0.25) is 0 Å². The summed E-state index contributed by atoms with van der Waals surface area (Å²) in [4.78, 5) is 4.16. The van der Waals surface area contributed by atoms with Gasteiger partial charge in [0.25, 0.3) is 0 Å². The number of ether oxygens (including phenoxy) is 1. The lowest BCUT2D eigenvalue weighted by Crippen LogP contribution is -1.97. The normalized spacial score (nSPS) is 10.4. The average molecular weight is 281 g/mol. The Bertz CT molecular complexity index is 494. The van der Waals surface area contributed by atoms with E-state index in [4.69, 9.17) is 4.74 Å². The maximum atomic E-state index is 5.71. The molecule has 0 unspecified atom stereocenters. The van der Waals surface area contributed by atoms with E-state index in [0.29, 0.717) is 6.01 Å². The van der Waals surface area contributed by atoms with Crippen molar-refractivity contribution < 1.29 is 4.74 Å². The molecule has 0 aliphatic carbocycles. The average Bonchev–Trinajstić information content (AvgIpc) is 2.71. The topological polar surface area (TPSA) is 27.1 Å². The maximum absolute atomic E-state index is 5.71. The van der Waals surface area contributed by atoms with E-state index in [1.54, 1.807) is 6.20 Å². The van der Waals surface area contributed by atoms with E-state index in [1.807, 2.05) is 35.9 Å². The Kier molecular flexibility index (Phi) is 3.29. The van der Waals surface area contributed by atoms with Gasteiger partial charge in [-0.15, -0.1) is 0 Å². The van der Waals surface area contributed by atoms with Crippen LogP contribution in [-0.4, -0.2) is 9.55 Å². The molecule has 0 N–H and O–H groups in total. The third-order valence-corrected chi connectivity index (χ3v) is 3.25. The van der Waals surface area contributed by atoms with Gasteiger partial charge in [0.15, 0.2) is 0 Å². The number of nitrogens with zero attached hydrogens (tertiary/aromatic N) is 2. The summed E-state index contributed by atoms with van der Waals surface area (Å²) in [6.45, 7) is 4.94. The number of rotatable bonds is 3. The molecule has 1 heterocycles. The molecule has 16 heavy (non-hydrogen) atoms. The Balaban J connectivity index is 2.24. The minimum atomic E-state index is 0.629. The molecule has 0 fully saturated rings. The van der Waals surface area contributed by atoms with Crippen molar-refractivity contribution in [2.75, 3.05) is 0 Å². The van der Waals surface area contributed by atoms with E-state index >= 15 is 0 Å². The highest BCUT2D eigenvalue weighted by Crippen LogP contribution is 2.25. The van der Waals surface area contributed by atoms with Crippen molar-refractivity contribution in [3.63, 3.8) is 0 Å². The fourth-order valence-corrected chi connectivity index (χ4v) is 1.67. The number of aromatic nitrogens is 2. The molecule has 0 amide bonds. The smallest absolute Gasteiger partial charge is 0.301 e. The van der Waals surface area contributed by atoms with Gasteiger partial charge in [-0.2, -0.15) is 0 Å². The molecule has 2 aromatic rings. The van der Waals surface area contributed by atoms with Gasteiger partial charge in [0.2, 0.25) is 0 Å². The first-order valence-electron chi connectivity index (χ1n) is 5.16. The molecule has 0 aliphatic heterocycles. The summed E-state index contributed by atoms with van der Waals surface area (Å²) in [6, 6.07) is 6.51. The Labute approximate surface area is 103 Å². The Morgan fingerprint density at radius 2 is 2.25 bits per heavy atom. The van der Waals surface area contributed by atoms with Crippen LogP contribution < -0.4 is 4.74 Å². The second-order valence-electron chi connectivity index (χ2n) is 3.51. The van der Waals surface area contributed by atoms with Crippen molar-refractivity contribution in [2.45, 2.75) is 20.4 Å². The predicted molar refractivity (Wildman–Crippen MR) is 66.9 cm³/mol. The van der Waals surface area contributed by atoms with Gasteiger partial charge in [-0.25, -0.2) is 4.98 Å². The van der Waals surface area contributed by atoms with E-state index in [9.17, 15) is 0 Å². The summed E-state index contributed by atoms with van der Waals surface area (Å²) >= 11 is 3.46. The minimum Gasteiger partial charge on any atom is -0.426 e. The van der Waals surface area contributed by atoms with Gasteiger partial charge >= 0.3 is 6.01 Å². The zero-order valence-corrected chi connectivity index (χ0v) is 10.9. The Hall–Kier alpha value is -1.29. The standard InChI is InChI=1S/C12H13BrN2O/c1-3-15-7-6-14-12(15)16-10-4-5-11(13)9(2)8-10/h4-8H,3H2,1-2H3. The van der Waals surface area contributed by atoms with Gasteiger partial charge in [0.05, 0.1) is 0 Å². The van der Waals surface area contributed by atoms with Crippen LogP contribution in [0.2, 0.25) is 0 Å². The van der Waals surface area contributed by atoms with Gasteiger partial charge in [0.1, 0.15) is 5.75 Å². The summed E-state index contributed by atoms with van der Waals surface area (Å²) in [6.07, 6.45) is 3.64. The second-order valence-corrected chi connectivity index (χ2v) is 4.36. The second kappa shape index (κ2) is 4.70. The highest BCUT2D eigenvalue weighted by atomic mass is 79.9. The van der Waals surface area contributed by atoms with Crippen LogP contribution in [0.25, 0.3) is 0 Å². The minimum absolute atomic E-state index is 0.629. The highest BCUT2D eigenvalue weighted by molar-refractivity contribution is 9.10. The molecule has 84 valence electrons. The van der Waals surface area contributed by atoms with Gasteiger partial charge in [-0.05, 0) is 37.6 Å². The maximum Gasteiger partial charge on any atom is 0.301 e. The van der Waals surface area contributed by atoms with Crippen LogP contribution in [0, 0.1) is 6.92 Å². The number of aryl methyl sites for hydroxylation is 2. The molecule has 2 rings (SSSR count). The summed E-state index contributed by atoms with van der Waals surface area (Å²) in [7, 11) is 0. The molecule has 0 radical (unpaired) electrons. The van der Waals surface area contributed by atoms with Crippen molar-refractivity contribution in [2.24, 2.45) is 0 Å². The summed E-state index contributed by atoms with van der Waals surface area (Å²) in [5.41, 5.74) is 1.15. The SMILES string of the molecule is CCn1ccnc1Oc1ccc(Br)c(C)c1.